The Kier molecular flexibility index (Phi) is 2.02. The van der Waals surface area contributed by atoms with Crippen LogP contribution in [0, 0.1) is 5.41 Å². The highest BCUT2D eigenvalue weighted by atomic mass is 15.2. The van der Waals surface area contributed by atoms with E-state index >= 15 is 0 Å². The summed E-state index contributed by atoms with van der Waals surface area (Å²) in [7, 11) is 4.30. The largest absolute Gasteiger partial charge is 0.315 e. The number of rotatable bonds is 1. The minimum absolute atomic E-state index is 0.448. The van der Waals surface area contributed by atoms with Crippen molar-refractivity contribution in [2.24, 2.45) is 5.41 Å². The smallest absolute Gasteiger partial charge is 0.0277 e. The van der Waals surface area contributed by atoms with E-state index in [1.807, 2.05) is 0 Å². The molecule has 0 aromatic rings. The molecule has 0 amide bonds. The molecule has 0 saturated carbocycles. The van der Waals surface area contributed by atoms with Crippen LogP contribution in [0.4, 0.5) is 0 Å². The maximum atomic E-state index is 3.40. The zero-order chi connectivity index (χ0) is 7.78. The molecule has 1 saturated heterocycles. The van der Waals surface area contributed by atoms with Crippen LogP contribution in [0.2, 0.25) is 0 Å². The fourth-order valence-electron chi connectivity index (χ4n) is 1.81. The van der Waals surface area contributed by atoms with E-state index in [1.165, 1.54) is 0 Å². The number of likely N-dealkylation sites (N-methyl/N-ethyl adjacent to an activating group) is 1. The standard InChI is InChI=1S/C8H18N2/c1-8(2)6-9-5-7(8)10(3)4/h7,9H,5-6H2,1-4H3/t7-/m0/s1. The summed E-state index contributed by atoms with van der Waals surface area (Å²) in [6.07, 6.45) is 0. The Morgan fingerprint density at radius 2 is 2.00 bits per heavy atom. The number of hydrogen-bond acceptors (Lipinski definition) is 2. The first kappa shape index (κ1) is 8.02. The average Bonchev–Trinajstić information content (AvgIpc) is 2.08. The van der Waals surface area contributed by atoms with Gasteiger partial charge < -0.3 is 10.2 Å². The zero-order valence-corrected chi connectivity index (χ0v) is 7.44. The molecule has 0 unspecified atom stereocenters. The second-order valence-corrected chi connectivity index (χ2v) is 4.10. The third-order valence-corrected chi connectivity index (χ3v) is 2.44. The molecule has 1 N–H and O–H groups in total. The second-order valence-electron chi connectivity index (χ2n) is 4.10. The molecule has 0 aliphatic carbocycles. The molecule has 10 heavy (non-hydrogen) atoms. The van der Waals surface area contributed by atoms with E-state index in [4.69, 9.17) is 0 Å². The van der Waals surface area contributed by atoms with Gasteiger partial charge in [0, 0.05) is 19.1 Å². The topological polar surface area (TPSA) is 15.3 Å². The maximum absolute atomic E-state index is 3.40. The molecule has 1 atom stereocenters. The lowest BCUT2D eigenvalue weighted by Crippen LogP contribution is -2.39. The fraction of sp³-hybridized carbons (Fsp3) is 1.00. The molecule has 1 heterocycles. The van der Waals surface area contributed by atoms with Crippen LogP contribution in [-0.2, 0) is 0 Å². The van der Waals surface area contributed by atoms with Gasteiger partial charge in [0.2, 0.25) is 0 Å². The summed E-state index contributed by atoms with van der Waals surface area (Å²) >= 11 is 0. The third kappa shape index (κ3) is 1.32. The normalized spacial score (nSPS) is 31.5. The maximum Gasteiger partial charge on any atom is 0.0277 e. The minimum Gasteiger partial charge on any atom is -0.315 e. The molecule has 0 spiro atoms. The van der Waals surface area contributed by atoms with Crippen LogP contribution >= 0.6 is 0 Å². The summed E-state index contributed by atoms with van der Waals surface area (Å²) in [5, 5.41) is 3.40. The first-order valence-electron chi connectivity index (χ1n) is 3.91. The first-order chi connectivity index (χ1) is 4.54. The molecule has 1 rings (SSSR count). The van der Waals surface area contributed by atoms with Crippen LogP contribution in [0.15, 0.2) is 0 Å². The van der Waals surface area contributed by atoms with Crippen LogP contribution in [0.3, 0.4) is 0 Å². The van der Waals surface area contributed by atoms with Crippen molar-refractivity contribution in [1.29, 1.82) is 0 Å². The van der Waals surface area contributed by atoms with Gasteiger partial charge in [-0.2, -0.15) is 0 Å². The lowest BCUT2D eigenvalue weighted by atomic mass is 9.87. The van der Waals surface area contributed by atoms with Gasteiger partial charge in [-0.25, -0.2) is 0 Å². The van der Waals surface area contributed by atoms with Crippen molar-refractivity contribution in [2.75, 3.05) is 27.2 Å². The van der Waals surface area contributed by atoms with E-state index in [0.717, 1.165) is 13.1 Å². The predicted octanol–water partition coefficient (Wildman–Crippen LogP) is 0.546. The predicted molar refractivity (Wildman–Crippen MR) is 44.1 cm³/mol. The molecule has 0 bridgehead atoms. The molecule has 0 aromatic carbocycles. The lowest BCUT2D eigenvalue weighted by molar-refractivity contribution is 0.188. The fourth-order valence-corrected chi connectivity index (χ4v) is 1.81. The zero-order valence-electron chi connectivity index (χ0n) is 7.44. The van der Waals surface area contributed by atoms with Crippen LogP contribution in [-0.4, -0.2) is 38.1 Å². The van der Waals surface area contributed by atoms with Crippen molar-refractivity contribution < 1.29 is 0 Å². The first-order valence-corrected chi connectivity index (χ1v) is 3.91. The summed E-state index contributed by atoms with van der Waals surface area (Å²) in [5.41, 5.74) is 0.448. The van der Waals surface area contributed by atoms with Gasteiger partial charge in [-0.05, 0) is 19.5 Å². The molecule has 1 fully saturated rings. The van der Waals surface area contributed by atoms with Crippen molar-refractivity contribution in [3.05, 3.63) is 0 Å². The van der Waals surface area contributed by atoms with Gasteiger partial charge in [0.1, 0.15) is 0 Å². The van der Waals surface area contributed by atoms with E-state index in [0.29, 0.717) is 11.5 Å². The van der Waals surface area contributed by atoms with E-state index in [-0.39, 0.29) is 0 Å². The van der Waals surface area contributed by atoms with Crippen molar-refractivity contribution in [1.82, 2.24) is 10.2 Å². The highest BCUT2D eigenvalue weighted by Crippen LogP contribution is 2.26. The van der Waals surface area contributed by atoms with Crippen LogP contribution < -0.4 is 5.32 Å². The van der Waals surface area contributed by atoms with Gasteiger partial charge in [0.25, 0.3) is 0 Å². The second kappa shape index (κ2) is 2.51. The Bertz CT molecular complexity index is 118. The quantitative estimate of drug-likeness (QED) is 0.575. The average molecular weight is 142 g/mol. The van der Waals surface area contributed by atoms with Gasteiger partial charge in [0.15, 0.2) is 0 Å². The van der Waals surface area contributed by atoms with Crippen molar-refractivity contribution in [3.8, 4) is 0 Å². The molecule has 0 radical (unpaired) electrons. The van der Waals surface area contributed by atoms with Gasteiger partial charge in [-0.3, -0.25) is 0 Å². The minimum atomic E-state index is 0.448. The third-order valence-electron chi connectivity index (χ3n) is 2.44. The summed E-state index contributed by atoms with van der Waals surface area (Å²) in [5.74, 6) is 0. The highest BCUT2D eigenvalue weighted by Gasteiger charge is 2.35. The van der Waals surface area contributed by atoms with Gasteiger partial charge in [-0.15, -0.1) is 0 Å². The molecular weight excluding hydrogens is 124 g/mol. The van der Waals surface area contributed by atoms with Crippen molar-refractivity contribution in [3.63, 3.8) is 0 Å². The van der Waals surface area contributed by atoms with E-state index in [2.05, 4.69) is 38.2 Å². The number of nitrogens with one attached hydrogen (secondary N) is 1. The summed E-state index contributed by atoms with van der Waals surface area (Å²) in [6, 6.07) is 0.701. The van der Waals surface area contributed by atoms with Crippen LogP contribution in [0.25, 0.3) is 0 Å². The van der Waals surface area contributed by atoms with Crippen molar-refractivity contribution >= 4 is 0 Å². The van der Waals surface area contributed by atoms with Gasteiger partial charge in [0.05, 0.1) is 0 Å². The number of nitrogens with zero attached hydrogens (tertiary/aromatic N) is 1. The Hall–Kier alpha value is -0.0800. The Labute approximate surface area is 63.6 Å². The monoisotopic (exact) mass is 142 g/mol. The summed E-state index contributed by atoms with van der Waals surface area (Å²) < 4.78 is 0. The van der Waals surface area contributed by atoms with Crippen LogP contribution in [0.5, 0.6) is 0 Å². The molecule has 1 aliphatic heterocycles. The Morgan fingerprint density at radius 1 is 1.40 bits per heavy atom. The van der Waals surface area contributed by atoms with E-state index < -0.39 is 0 Å². The molecule has 0 aromatic heterocycles. The van der Waals surface area contributed by atoms with E-state index in [1.54, 1.807) is 0 Å². The summed E-state index contributed by atoms with van der Waals surface area (Å²) in [6.45, 7) is 6.92. The lowest BCUT2D eigenvalue weighted by Gasteiger charge is -2.31. The molecular formula is C8H18N2. The van der Waals surface area contributed by atoms with Gasteiger partial charge in [-0.1, -0.05) is 13.8 Å². The molecule has 60 valence electrons. The number of hydrogen-bond donors (Lipinski definition) is 1. The SMILES string of the molecule is CN(C)[C@H]1CNCC1(C)C. The Balaban J connectivity index is 2.59. The van der Waals surface area contributed by atoms with E-state index in [9.17, 15) is 0 Å². The molecule has 2 nitrogen and oxygen atoms in total. The van der Waals surface area contributed by atoms with Crippen LogP contribution in [0.1, 0.15) is 13.8 Å². The Morgan fingerprint density at radius 3 is 2.20 bits per heavy atom. The van der Waals surface area contributed by atoms with Gasteiger partial charge >= 0.3 is 0 Å². The molecule has 2 heteroatoms. The summed E-state index contributed by atoms with van der Waals surface area (Å²) in [4.78, 5) is 2.31. The van der Waals surface area contributed by atoms with Crippen molar-refractivity contribution in [2.45, 2.75) is 19.9 Å². The highest BCUT2D eigenvalue weighted by molar-refractivity contribution is 4.93. The molecule has 1 aliphatic rings.